The van der Waals surface area contributed by atoms with Gasteiger partial charge in [0.15, 0.2) is 5.75 Å². The molecule has 0 aromatic carbocycles. The molecule has 2 aromatic heterocycles. The first-order chi connectivity index (χ1) is 6.22. The zero-order valence-corrected chi connectivity index (χ0v) is 6.80. The highest BCUT2D eigenvalue weighted by atomic mass is 16.5. The molecule has 0 amide bonds. The van der Waals surface area contributed by atoms with Crippen molar-refractivity contribution in [3.8, 4) is 17.6 Å². The van der Waals surface area contributed by atoms with Crippen molar-refractivity contribution in [1.29, 1.82) is 0 Å². The Kier molecular flexibility index (Phi) is 1.48. The number of nitrogens with zero attached hydrogens (tertiary/aromatic N) is 3. The minimum atomic E-state index is -0.323. The van der Waals surface area contributed by atoms with Gasteiger partial charge in [-0.25, -0.2) is 4.98 Å². The number of fused-ring (bicyclic) bond motifs is 1. The number of aromatic nitrogens is 3. The lowest BCUT2D eigenvalue weighted by molar-refractivity contribution is 0.355. The molecule has 0 saturated carbocycles. The maximum absolute atomic E-state index is 9.29. The van der Waals surface area contributed by atoms with E-state index in [-0.39, 0.29) is 17.6 Å². The highest BCUT2D eigenvalue weighted by Crippen LogP contribution is 2.27. The first-order valence-corrected chi connectivity index (χ1v) is 3.53. The minimum Gasteiger partial charge on any atom is -0.503 e. The molecule has 0 aliphatic carbocycles. The summed E-state index contributed by atoms with van der Waals surface area (Å²) in [5.74, 6) is -0.557. The van der Waals surface area contributed by atoms with Crippen LogP contribution in [0.4, 0.5) is 0 Å². The van der Waals surface area contributed by atoms with Gasteiger partial charge in [-0.3, -0.25) is 0 Å². The van der Waals surface area contributed by atoms with Gasteiger partial charge in [0.25, 0.3) is 5.88 Å². The predicted octanol–water partition coefficient (Wildman–Crippen LogP) is 0.149. The van der Waals surface area contributed by atoms with Gasteiger partial charge in [-0.05, 0) is 0 Å². The van der Waals surface area contributed by atoms with Crippen LogP contribution in [0.2, 0.25) is 0 Å². The van der Waals surface area contributed by atoms with E-state index >= 15 is 0 Å². The average molecular weight is 181 g/mol. The van der Waals surface area contributed by atoms with Crippen LogP contribution in [0.15, 0.2) is 12.3 Å². The van der Waals surface area contributed by atoms with Gasteiger partial charge in [-0.1, -0.05) is 0 Å². The topological polar surface area (TPSA) is 79.9 Å². The van der Waals surface area contributed by atoms with Crippen LogP contribution < -0.4 is 4.74 Å². The van der Waals surface area contributed by atoms with E-state index in [0.717, 1.165) is 4.52 Å². The summed E-state index contributed by atoms with van der Waals surface area (Å²) in [6, 6.07) is 1.48. The third kappa shape index (κ3) is 1.03. The lowest BCUT2D eigenvalue weighted by Crippen LogP contribution is -1.97. The van der Waals surface area contributed by atoms with Crippen LogP contribution in [0, 0.1) is 0 Å². The zero-order valence-electron chi connectivity index (χ0n) is 6.80. The quantitative estimate of drug-likeness (QED) is 0.654. The normalized spacial score (nSPS) is 10.5. The van der Waals surface area contributed by atoms with E-state index in [1.807, 2.05) is 0 Å². The van der Waals surface area contributed by atoms with Gasteiger partial charge in [0.05, 0.1) is 18.8 Å². The molecule has 13 heavy (non-hydrogen) atoms. The SMILES string of the molecule is COc1ncc2cc(O)c(O)n2n1. The van der Waals surface area contributed by atoms with Crippen LogP contribution in [-0.4, -0.2) is 31.9 Å². The van der Waals surface area contributed by atoms with E-state index in [1.165, 1.54) is 19.4 Å². The lowest BCUT2D eigenvalue weighted by Gasteiger charge is -1.98. The fraction of sp³-hybridized carbons (Fsp3) is 0.143. The third-order valence-corrected chi connectivity index (χ3v) is 1.63. The van der Waals surface area contributed by atoms with Crippen molar-refractivity contribution in [1.82, 2.24) is 14.6 Å². The van der Waals surface area contributed by atoms with Gasteiger partial charge in [-0.15, -0.1) is 5.10 Å². The first kappa shape index (κ1) is 7.66. The largest absolute Gasteiger partial charge is 0.503 e. The zero-order chi connectivity index (χ0) is 9.42. The summed E-state index contributed by atoms with van der Waals surface area (Å²) in [6.07, 6.45) is 1.44. The number of aromatic hydroxyl groups is 2. The molecule has 2 N–H and O–H groups in total. The Morgan fingerprint density at radius 3 is 2.92 bits per heavy atom. The van der Waals surface area contributed by atoms with Crippen LogP contribution in [0.5, 0.6) is 17.6 Å². The molecular formula is C7H7N3O3. The van der Waals surface area contributed by atoms with E-state index in [2.05, 4.69) is 10.1 Å². The Labute approximate surface area is 73.0 Å². The van der Waals surface area contributed by atoms with E-state index < -0.39 is 0 Å². The van der Waals surface area contributed by atoms with E-state index in [1.54, 1.807) is 0 Å². The number of hydrogen-bond acceptors (Lipinski definition) is 5. The Morgan fingerprint density at radius 2 is 2.23 bits per heavy atom. The molecule has 0 atom stereocenters. The monoisotopic (exact) mass is 181 g/mol. The molecule has 0 bridgehead atoms. The summed E-state index contributed by atoms with van der Waals surface area (Å²) >= 11 is 0. The van der Waals surface area contributed by atoms with E-state index in [4.69, 9.17) is 9.84 Å². The summed E-state index contributed by atoms with van der Waals surface area (Å²) in [5, 5.41) is 22.2. The Bertz CT molecular complexity index is 451. The molecule has 0 saturated heterocycles. The molecule has 2 heterocycles. The van der Waals surface area contributed by atoms with Crippen LogP contribution in [0.25, 0.3) is 5.52 Å². The van der Waals surface area contributed by atoms with Crippen molar-refractivity contribution in [2.75, 3.05) is 7.11 Å². The van der Waals surface area contributed by atoms with Crippen molar-refractivity contribution in [3.05, 3.63) is 12.3 Å². The van der Waals surface area contributed by atoms with Crippen molar-refractivity contribution < 1.29 is 14.9 Å². The Hall–Kier alpha value is -1.98. The predicted molar refractivity (Wildman–Crippen MR) is 42.9 cm³/mol. The van der Waals surface area contributed by atoms with Gasteiger partial charge in [-0.2, -0.15) is 4.52 Å². The molecule has 0 radical (unpaired) electrons. The molecule has 68 valence electrons. The molecule has 0 unspecified atom stereocenters. The Balaban J connectivity index is 2.75. The van der Waals surface area contributed by atoms with Crippen LogP contribution in [0.3, 0.4) is 0 Å². The molecule has 2 rings (SSSR count). The minimum absolute atomic E-state index is 0.124. The molecule has 6 heteroatoms. The van der Waals surface area contributed by atoms with Gasteiger partial charge in [0.2, 0.25) is 0 Å². The van der Waals surface area contributed by atoms with E-state index in [0.29, 0.717) is 5.52 Å². The molecule has 0 fully saturated rings. The second-order valence-electron chi connectivity index (χ2n) is 2.43. The van der Waals surface area contributed by atoms with Gasteiger partial charge < -0.3 is 14.9 Å². The third-order valence-electron chi connectivity index (χ3n) is 1.63. The fourth-order valence-corrected chi connectivity index (χ4v) is 1.02. The highest BCUT2D eigenvalue weighted by molar-refractivity contribution is 5.55. The maximum Gasteiger partial charge on any atom is 0.334 e. The summed E-state index contributed by atoms with van der Waals surface area (Å²) in [6.45, 7) is 0. The first-order valence-electron chi connectivity index (χ1n) is 3.53. The second kappa shape index (κ2) is 2.51. The molecule has 0 aliphatic rings. The molecule has 0 spiro atoms. The van der Waals surface area contributed by atoms with Gasteiger partial charge >= 0.3 is 6.01 Å². The van der Waals surface area contributed by atoms with Gasteiger partial charge in [0, 0.05) is 6.07 Å². The fourth-order valence-electron chi connectivity index (χ4n) is 1.02. The highest BCUT2D eigenvalue weighted by Gasteiger charge is 2.09. The van der Waals surface area contributed by atoms with Crippen LogP contribution in [-0.2, 0) is 0 Å². The molecule has 2 aromatic rings. The standard InChI is InChI=1S/C7H7N3O3/c1-13-7-8-3-4-2-5(11)6(12)10(4)9-7/h2-3,11-12H,1H3. The average Bonchev–Trinajstić information content (AvgIpc) is 2.43. The smallest absolute Gasteiger partial charge is 0.334 e. The summed E-state index contributed by atoms with van der Waals surface area (Å²) in [7, 11) is 1.42. The van der Waals surface area contributed by atoms with Crippen molar-refractivity contribution in [2.24, 2.45) is 0 Å². The number of methoxy groups -OCH3 is 1. The van der Waals surface area contributed by atoms with E-state index in [9.17, 15) is 5.11 Å². The van der Waals surface area contributed by atoms with Crippen molar-refractivity contribution in [3.63, 3.8) is 0 Å². The molecule has 0 aliphatic heterocycles. The number of hydrogen-bond donors (Lipinski definition) is 2. The van der Waals surface area contributed by atoms with Crippen LogP contribution in [0.1, 0.15) is 0 Å². The summed E-state index contributed by atoms with van der Waals surface area (Å²) in [4.78, 5) is 3.80. The maximum atomic E-state index is 9.29. The van der Waals surface area contributed by atoms with Crippen LogP contribution >= 0.6 is 0 Å². The van der Waals surface area contributed by atoms with Crippen molar-refractivity contribution in [2.45, 2.75) is 0 Å². The lowest BCUT2D eigenvalue weighted by atomic mass is 10.5. The summed E-state index contributed by atoms with van der Waals surface area (Å²) < 4.78 is 5.89. The van der Waals surface area contributed by atoms with Crippen molar-refractivity contribution >= 4 is 5.52 Å². The second-order valence-corrected chi connectivity index (χ2v) is 2.43. The molecule has 6 nitrogen and oxygen atoms in total. The summed E-state index contributed by atoms with van der Waals surface area (Å²) in [5.41, 5.74) is 0.496. The molecular weight excluding hydrogens is 174 g/mol. The number of rotatable bonds is 1. The number of ether oxygens (including phenoxy) is 1. The van der Waals surface area contributed by atoms with Gasteiger partial charge in [0.1, 0.15) is 0 Å². The Morgan fingerprint density at radius 1 is 1.46 bits per heavy atom.